The molecule has 3 aromatic rings. The summed E-state index contributed by atoms with van der Waals surface area (Å²) in [6.45, 7) is 1.25. The number of rotatable bonds is 4. The first kappa shape index (κ1) is 18.5. The van der Waals surface area contributed by atoms with Crippen LogP contribution < -0.4 is 9.47 Å². The number of hydrogen-bond donors (Lipinski definition) is 0. The minimum atomic E-state index is 0.574. The van der Waals surface area contributed by atoms with E-state index in [1.165, 1.54) is 0 Å². The van der Waals surface area contributed by atoms with Crippen LogP contribution in [0.3, 0.4) is 0 Å². The average Bonchev–Trinajstić information content (AvgIpc) is 2.87. The SMILES string of the molecule is Cn1c(SCc2cc(Cl)c3c(c2)OCCCO3)nnc1-c1ccc(Cl)cc1. The normalized spacial score (nSPS) is 13.4. The molecular formula is C19H17Cl2N3O2S. The van der Waals surface area contributed by atoms with Gasteiger partial charge in [0, 0.05) is 29.8 Å². The fourth-order valence-corrected chi connectivity index (χ4v) is 4.06. The zero-order chi connectivity index (χ0) is 18.8. The molecule has 1 aromatic heterocycles. The van der Waals surface area contributed by atoms with Crippen LogP contribution in [-0.4, -0.2) is 28.0 Å². The van der Waals surface area contributed by atoms with Gasteiger partial charge in [-0.1, -0.05) is 35.0 Å². The maximum absolute atomic E-state index is 6.37. The van der Waals surface area contributed by atoms with Crippen LogP contribution in [0, 0.1) is 0 Å². The van der Waals surface area contributed by atoms with E-state index in [-0.39, 0.29) is 0 Å². The summed E-state index contributed by atoms with van der Waals surface area (Å²) in [6, 6.07) is 11.5. The number of hydrogen-bond acceptors (Lipinski definition) is 5. The molecule has 0 aliphatic carbocycles. The molecule has 27 heavy (non-hydrogen) atoms. The number of fused-ring (bicyclic) bond motifs is 1. The van der Waals surface area contributed by atoms with Gasteiger partial charge in [0.15, 0.2) is 22.5 Å². The van der Waals surface area contributed by atoms with Crippen LogP contribution in [-0.2, 0) is 12.8 Å². The molecule has 140 valence electrons. The highest BCUT2D eigenvalue weighted by molar-refractivity contribution is 7.98. The van der Waals surface area contributed by atoms with E-state index in [4.69, 9.17) is 32.7 Å². The van der Waals surface area contributed by atoms with Gasteiger partial charge in [-0.25, -0.2) is 0 Å². The number of thioether (sulfide) groups is 1. The third-order valence-corrected chi connectivity index (χ3v) is 5.79. The predicted octanol–water partition coefficient (Wildman–Crippen LogP) is 5.24. The molecule has 0 saturated carbocycles. The van der Waals surface area contributed by atoms with E-state index < -0.39 is 0 Å². The van der Waals surface area contributed by atoms with Gasteiger partial charge in [-0.05, 0) is 42.0 Å². The van der Waals surface area contributed by atoms with Crippen LogP contribution >= 0.6 is 35.0 Å². The first-order chi connectivity index (χ1) is 13.1. The minimum Gasteiger partial charge on any atom is -0.489 e. The summed E-state index contributed by atoms with van der Waals surface area (Å²) in [6.07, 6.45) is 0.849. The van der Waals surface area contributed by atoms with E-state index in [0.29, 0.717) is 40.5 Å². The lowest BCUT2D eigenvalue weighted by Crippen LogP contribution is -1.97. The Labute approximate surface area is 171 Å². The lowest BCUT2D eigenvalue weighted by Gasteiger charge is -2.11. The van der Waals surface area contributed by atoms with Gasteiger partial charge in [-0.2, -0.15) is 0 Å². The van der Waals surface area contributed by atoms with Crippen molar-refractivity contribution in [3.63, 3.8) is 0 Å². The highest BCUT2D eigenvalue weighted by Crippen LogP contribution is 2.39. The largest absolute Gasteiger partial charge is 0.489 e. The van der Waals surface area contributed by atoms with Gasteiger partial charge >= 0.3 is 0 Å². The second kappa shape index (κ2) is 8.00. The lowest BCUT2D eigenvalue weighted by molar-refractivity contribution is 0.297. The summed E-state index contributed by atoms with van der Waals surface area (Å²) < 4.78 is 13.4. The summed E-state index contributed by atoms with van der Waals surface area (Å²) in [5.74, 6) is 2.83. The molecule has 0 spiro atoms. The van der Waals surface area contributed by atoms with Crippen LogP contribution in [0.1, 0.15) is 12.0 Å². The van der Waals surface area contributed by atoms with Crippen molar-refractivity contribution in [1.29, 1.82) is 0 Å². The quantitative estimate of drug-likeness (QED) is 0.538. The molecule has 2 aromatic carbocycles. The van der Waals surface area contributed by atoms with Crippen molar-refractivity contribution >= 4 is 35.0 Å². The van der Waals surface area contributed by atoms with Crippen LogP contribution in [0.25, 0.3) is 11.4 Å². The Bertz CT molecular complexity index is 960. The Balaban J connectivity index is 1.52. The van der Waals surface area contributed by atoms with E-state index >= 15 is 0 Å². The van der Waals surface area contributed by atoms with Crippen LogP contribution in [0.2, 0.25) is 10.0 Å². The topological polar surface area (TPSA) is 49.2 Å². The van der Waals surface area contributed by atoms with Gasteiger partial charge in [0.25, 0.3) is 0 Å². The van der Waals surface area contributed by atoms with Crippen LogP contribution in [0.5, 0.6) is 11.5 Å². The molecule has 0 bridgehead atoms. The van der Waals surface area contributed by atoms with Crippen molar-refractivity contribution in [2.75, 3.05) is 13.2 Å². The lowest BCUT2D eigenvalue weighted by atomic mass is 10.2. The number of nitrogens with zero attached hydrogens (tertiary/aromatic N) is 3. The molecule has 0 amide bonds. The standard InChI is InChI=1S/C19H17Cl2N3O2S/c1-24-18(13-3-5-14(20)6-4-13)22-23-19(24)27-11-12-9-15(21)17-16(10-12)25-7-2-8-26-17/h3-6,9-10H,2,7-8,11H2,1H3. The predicted molar refractivity (Wildman–Crippen MR) is 108 cm³/mol. The molecule has 4 rings (SSSR count). The summed E-state index contributed by atoms with van der Waals surface area (Å²) in [4.78, 5) is 0. The zero-order valence-electron chi connectivity index (χ0n) is 14.6. The number of aromatic nitrogens is 3. The average molecular weight is 422 g/mol. The van der Waals surface area contributed by atoms with Crippen molar-refractivity contribution in [2.24, 2.45) is 7.05 Å². The Morgan fingerprint density at radius 3 is 2.67 bits per heavy atom. The van der Waals surface area contributed by atoms with Crippen molar-refractivity contribution < 1.29 is 9.47 Å². The molecule has 1 aliphatic rings. The van der Waals surface area contributed by atoms with E-state index in [9.17, 15) is 0 Å². The van der Waals surface area contributed by atoms with Crippen molar-refractivity contribution in [3.05, 3.63) is 52.0 Å². The second-order valence-corrected chi connectivity index (χ2v) is 7.90. The molecule has 0 unspecified atom stereocenters. The Hall–Kier alpha value is -1.89. The van der Waals surface area contributed by atoms with Gasteiger partial charge < -0.3 is 14.0 Å². The first-order valence-electron chi connectivity index (χ1n) is 8.48. The van der Waals surface area contributed by atoms with E-state index in [1.54, 1.807) is 11.8 Å². The summed E-state index contributed by atoms with van der Waals surface area (Å²) >= 11 is 13.9. The summed E-state index contributed by atoms with van der Waals surface area (Å²) in [5, 5.41) is 10.7. The van der Waals surface area contributed by atoms with Crippen molar-refractivity contribution in [2.45, 2.75) is 17.3 Å². The maximum atomic E-state index is 6.37. The third-order valence-electron chi connectivity index (χ3n) is 4.17. The summed E-state index contributed by atoms with van der Waals surface area (Å²) in [5.41, 5.74) is 2.02. The van der Waals surface area contributed by atoms with E-state index in [0.717, 1.165) is 28.5 Å². The highest BCUT2D eigenvalue weighted by Gasteiger charge is 2.17. The molecular weight excluding hydrogens is 405 g/mol. The van der Waals surface area contributed by atoms with Gasteiger partial charge in [-0.15, -0.1) is 10.2 Å². The summed E-state index contributed by atoms with van der Waals surface area (Å²) in [7, 11) is 1.95. The number of halogens is 2. The van der Waals surface area contributed by atoms with Crippen LogP contribution in [0.15, 0.2) is 41.6 Å². The smallest absolute Gasteiger partial charge is 0.191 e. The first-order valence-corrected chi connectivity index (χ1v) is 10.2. The molecule has 0 N–H and O–H groups in total. The fraction of sp³-hybridized carbons (Fsp3) is 0.263. The number of benzene rings is 2. The Kier molecular flexibility index (Phi) is 5.48. The highest BCUT2D eigenvalue weighted by atomic mass is 35.5. The van der Waals surface area contributed by atoms with Crippen molar-refractivity contribution in [3.8, 4) is 22.9 Å². The molecule has 2 heterocycles. The molecule has 0 atom stereocenters. The minimum absolute atomic E-state index is 0.574. The molecule has 0 fully saturated rings. The molecule has 0 radical (unpaired) electrons. The van der Waals surface area contributed by atoms with Gasteiger partial charge in [0.2, 0.25) is 0 Å². The molecule has 5 nitrogen and oxygen atoms in total. The molecule has 8 heteroatoms. The van der Waals surface area contributed by atoms with Gasteiger partial charge in [0.1, 0.15) is 0 Å². The third kappa shape index (κ3) is 4.03. The number of ether oxygens (including phenoxy) is 2. The Morgan fingerprint density at radius 2 is 1.85 bits per heavy atom. The fourth-order valence-electron chi connectivity index (χ4n) is 2.81. The molecule has 1 aliphatic heterocycles. The van der Waals surface area contributed by atoms with Gasteiger partial charge in [-0.3, -0.25) is 0 Å². The Morgan fingerprint density at radius 1 is 1.07 bits per heavy atom. The van der Waals surface area contributed by atoms with E-state index in [2.05, 4.69) is 10.2 Å². The zero-order valence-corrected chi connectivity index (χ0v) is 16.9. The second-order valence-electron chi connectivity index (χ2n) is 6.12. The maximum Gasteiger partial charge on any atom is 0.191 e. The van der Waals surface area contributed by atoms with Crippen LogP contribution in [0.4, 0.5) is 0 Å². The van der Waals surface area contributed by atoms with Crippen molar-refractivity contribution in [1.82, 2.24) is 14.8 Å². The molecule has 0 saturated heterocycles. The van der Waals surface area contributed by atoms with Gasteiger partial charge in [0.05, 0.1) is 18.2 Å². The van der Waals surface area contributed by atoms with E-state index in [1.807, 2.05) is 48.0 Å². The monoisotopic (exact) mass is 421 g/mol.